The molecular weight excluding hydrogens is 638 g/mol. The number of sulfonamides is 1. The highest BCUT2D eigenvalue weighted by Gasteiger charge is 2.24. The summed E-state index contributed by atoms with van der Waals surface area (Å²) in [6, 6.07) is 17.9. The smallest absolute Gasteiger partial charge is 0.412 e. The van der Waals surface area contributed by atoms with Gasteiger partial charge in [0.2, 0.25) is 0 Å². The Labute approximate surface area is 271 Å². The molecule has 0 radical (unpaired) electrons. The molecule has 4 rings (SSSR count). The maximum atomic E-state index is 13.5. The first-order chi connectivity index (χ1) is 21.8. The Morgan fingerprint density at radius 3 is 2.33 bits per heavy atom. The third kappa shape index (κ3) is 8.79. The number of aromatic nitrogens is 1. The predicted molar refractivity (Wildman–Crippen MR) is 170 cm³/mol. The topological polar surface area (TPSA) is 165 Å². The standard InChI is InChI=1S/C32H32ClN3O9S/c1-32(2,3)21-8-11-23(12-9-21)46(40,41)36-25-17-20(30(37)38)18-27(29(25)45-26-19-22(42-4)10-13-24(26)33)43-15-16-44-31(39)35-28-7-5-6-14-34-28/h5-14,17-19,36H,15-16H2,1-4H3,(H,37,38)(H,34,35,39)/p-1. The average Bonchev–Trinajstić information content (AvgIpc) is 3.01. The minimum atomic E-state index is -4.28. The Morgan fingerprint density at radius 1 is 0.957 bits per heavy atom. The van der Waals surface area contributed by atoms with E-state index in [9.17, 15) is 23.1 Å². The highest BCUT2D eigenvalue weighted by atomic mass is 35.5. The van der Waals surface area contributed by atoms with Gasteiger partial charge in [-0.25, -0.2) is 18.2 Å². The molecule has 242 valence electrons. The molecule has 0 spiro atoms. The summed E-state index contributed by atoms with van der Waals surface area (Å²) in [5, 5.41) is 14.5. The minimum Gasteiger partial charge on any atom is -0.545 e. The number of aromatic carboxylic acids is 1. The molecule has 2 N–H and O–H groups in total. The number of ether oxygens (including phenoxy) is 4. The van der Waals surface area contributed by atoms with Gasteiger partial charge in [-0.15, -0.1) is 0 Å². The number of pyridine rings is 1. The van der Waals surface area contributed by atoms with Crippen LogP contribution < -0.4 is 29.4 Å². The number of carboxylic acids is 1. The number of rotatable bonds is 12. The quantitative estimate of drug-likeness (QED) is 0.181. The second-order valence-corrected chi connectivity index (χ2v) is 12.8. The molecule has 12 nitrogen and oxygen atoms in total. The number of amides is 1. The van der Waals surface area contributed by atoms with E-state index in [2.05, 4.69) is 15.0 Å². The Balaban J connectivity index is 1.67. The van der Waals surface area contributed by atoms with Gasteiger partial charge in [-0.2, -0.15) is 0 Å². The van der Waals surface area contributed by atoms with Crippen LogP contribution >= 0.6 is 11.6 Å². The summed E-state index contributed by atoms with van der Waals surface area (Å²) in [4.78, 5) is 28.0. The van der Waals surface area contributed by atoms with E-state index in [1.54, 1.807) is 36.4 Å². The van der Waals surface area contributed by atoms with Gasteiger partial charge in [0, 0.05) is 17.8 Å². The number of carbonyl (C=O) groups excluding carboxylic acids is 2. The van der Waals surface area contributed by atoms with Crippen molar-refractivity contribution in [2.75, 3.05) is 30.4 Å². The number of hydrogen-bond donors (Lipinski definition) is 2. The van der Waals surface area contributed by atoms with Crippen LogP contribution in [0.25, 0.3) is 0 Å². The maximum Gasteiger partial charge on any atom is 0.412 e. The number of nitrogens with zero attached hydrogens (tertiary/aromatic N) is 1. The molecule has 0 aliphatic rings. The molecule has 0 saturated carbocycles. The molecule has 1 amide bonds. The molecule has 0 unspecified atom stereocenters. The third-order valence-electron chi connectivity index (χ3n) is 6.38. The van der Waals surface area contributed by atoms with E-state index in [0.717, 1.165) is 17.7 Å². The fourth-order valence-corrected chi connectivity index (χ4v) is 5.22. The first kappa shape index (κ1) is 33.9. The predicted octanol–water partition coefficient (Wildman–Crippen LogP) is 5.63. The van der Waals surface area contributed by atoms with Gasteiger partial charge >= 0.3 is 6.09 Å². The summed E-state index contributed by atoms with van der Waals surface area (Å²) in [6.07, 6.45) is 0.683. The van der Waals surface area contributed by atoms with Crippen molar-refractivity contribution in [1.29, 1.82) is 0 Å². The number of halogens is 1. The van der Waals surface area contributed by atoms with Crippen LogP contribution in [-0.4, -0.2) is 45.8 Å². The van der Waals surface area contributed by atoms with Gasteiger partial charge in [0.15, 0.2) is 11.5 Å². The van der Waals surface area contributed by atoms with Gasteiger partial charge in [-0.1, -0.05) is 50.6 Å². The number of nitrogens with one attached hydrogen (secondary N) is 2. The first-order valence-electron chi connectivity index (χ1n) is 13.8. The summed E-state index contributed by atoms with van der Waals surface area (Å²) >= 11 is 6.36. The Kier molecular flexibility index (Phi) is 10.6. The molecule has 14 heteroatoms. The van der Waals surface area contributed by atoms with Gasteiger partial charge in [0.25, 0.3) is 10.0 Å². The fourth-order valence-electron chi connectivity index (χ4n) is 4.01. The summed E-state index contributed by atoms with van der Waals surface area (Å²) in [6.45, 7) is 5.41. The number of hydrogen-bond acceptors (Lipinski definition) is 10. The fraction of sp³-hybridized carbons (Fsp3) is 0.219. The van der Waals surface area contributed by atoms with E-state index >= 15 is 0 Å². The van der Waals surface area contributed by atoms with Crippen LogP contribution in [0, 0.1) is 0 Å². The van der Waals surface area contributed by atoms with Crippen LogP contribution in [0.1, 0.15) is 36.7 Å². The van der Waals surface area contributed by atoms with Crippen LogP contribution in [-0.2, 0) is 20.2 Å². The van der Waals surface area contributed by atoms with E-state index in [1.165, 1.54) is 37.6 Å². The number of benzene rings is 3. The summed E-state index contributed by atoms with van der Waals surface area (Å²) < 4.78 is 51.6. The lowest BCUT2D eigenvalue weighted by atomic mass is 9.87. The molecule has 0 fully saturated rings. The first-order valence-corrected chi connectivity index (χ1v) is 15.6. The van der Waals surface area contributed by atoms with Gasteiger partial charge in [0.05, 0.1) is 28.7 Å². The molecule has 46 heavy (non-hydrogen) atoms. The Morgan fingerprint density at radius 2 is 1.70 bits per heavy atom. The molecule has 0 saturated heterocycles. The van der Waals surface area contributed by atoms with E-state index in [0.29, 0.717) is 5.75 Å². The van der Waals surface area contributed by atoms with E-state index in [1.807, 2.05) is 20.8 Å². The Hall–Kier alpha value is -5.01. The second-order valence-electron chi connectivity index (χ2n) is 10.7. The van der Waals surface area contributed by atoms with Crippen molar-refractivity contribution >= 4 is 45.2 Å². The normalized spacial score (nSPS) is 11.3. The second kappa shape index (κ2) is 14.4. The molecule has 0 aliphatic carbocycles. The van der Waals surface area contributed by atoms with Crippen molar-refractivity contribution in [3.8, 4) is 23.0 Å². The molecule has 0 bridgehead atoms. The van der Waals surface area contributed by atoms with Crippen molar-refractivity contribution in [3.05, 3.63) is 95.1 Å². The van der Waals surface area contributed by atoms with Crippen molar-refractivity contribution in [3.63, 3.8) is 0 Å². The lowest BCUT2D eigenvalue weighted by Gasteiger charge is -2.21. The zero-order valence-corrected chi connectivity index (χ0v) is 26.9. The van der Waals surface area contributed by atoms with Crippen molar-refractivity contribution < 1.29 is 42.1 Å². The van der Waals surface area contributed by atoms with E-state index in [4.69, 9.17) is 30.5 Å². The molecule has 1 aromatic heterocycles. The Bertz CT molecular complexity index is 1810. The van der Waals surface area contributed by atoms with Gasteiger partial charge < -0.3 is 28.8 Å². The minimum absolute atomic E-state index is 0.0491. The lowest BCUT2D eigenvalue weighted by molar-refractivity contribution is -0.255. The largest absolute Gasteiger partial charge is 0.545 e. The van der Waals surface area contributed by atoms with Crippen LogP contribution in [0.5, 0.6) is 23.0 Å². The van der Waals surface area contributed by atoms with Crippen molar-refractivity contribution in [2.24, 2.45) is 0 Å². The van der Waals surface area contributed by atoms with Gasteiger partial charge in [-0.05, 0) is 59.5 Å². The highest BCUT2D eigenvalue weighted by molar-refractivity contribution is 7.92. The number of carboxylic acid groups (broad SMARTS) is 1. The SMILES string of the molecule is COc1ccc(Cl)c(Oc2c(NS(=O)(=O)c3ccc(C(C)(C)C)cc3)cc(C(=O)[O-])cc2OCCOC(=O)Nc2ccccn2)c1. The van der Waals surface area contributed by atoms with Gasteiger partial charge in [-0.3, -0.25) is 10.0 Å². The van der Waals surface area contributed by atoms with Gasteiger partial charge in [0.1, 0.15) is 30.5 Å². The van der Waals surface area contributed by atoms with Crippen molar-refractivity contribution in [1.82, 2.24) is 4.98 Å². The van der Waals surface area contributed by atoms with E-state index in [-0.39, 0.29) is 57.3 Å². The third-order valence-corrected chi connectivity index (χ3v) is 8.08. The number of anilines is 2. The number of carbonyl (C=O) groups is 2. The molecule has 4 aromatic rings. The molecular formula is C32H31ClN3O9S-. The average molecular weight is 669 g/mol. The van der Waals surface area contributed by atoms with Crippen LogP contribution in [0.4, 0.5) is 16.3 Å². The molecule has 1 heterocycles. The van der Waals surface area contributed by atoms with Crippen molar-refractivity contribution in [2.45, 2.75) is 31.1 Å². The summed E-state index contributed by atoms with van der Waals surface area (Å²) in [7, 11) is -2.84. The molecule has 0 aliphatic heterocycles. The zero-order chi connectivity index (χ0) is 33.5. The number of methoxy groups -OCH3 is 1. The monoisotopic (exact) mass is 668 g/mol. The zero-order valence-electron chi connectivity index (χ0n) is 25.3. The van der Waals surface area contributed by atoms with Crippen LogP contribution in [0.3, 0.4) is 0 Å². The van der Waals surface area contributed by atoms with Crippen LogP contribution in [0.2, 0.25) is 5.02 Å². The molecule has 3 aromatic carbocycles. The lowest BCUT2D eigenvalue weighted by Crippen LogP contribution is -2.23. The van der Waals surface area contributed by atoms with E-state index < -0.39 is 27.6 Å². The summed E-state index contributed by atoms with van der Waals surface area (Å²) in [5.74, 6) is -1.36. The molecule has 0 atom stereocenters. The summed E-state index contributed by atoms with van der Waals surface area (Å²) in [5.41, 5.74) is -0.0170. The van der Waals surface area contributed by atoms with Crippen LogP contribution in [0.15, 0.2) is 83.9 Å². The maximum absolute atomic E-state index is 13.5. The highest BCUT2D eigenvalue weighted by Crippen LogP contribution is 2.43.